The van der Waals surface area contributed by atoms with Crippen molar-refractivity contribution in [3.63, 3.8) is 0 Å². The minimum atomic E-state index is -0.125. The monoisotopic (exact) mass is 380 g/mol. The molecule has 3 rings (SSSR count). The molecule has 3 N–H and O–H groups in total. The Hall–Kier alpha value is -3.88. The molecule has 1 heterocycles. The first-order valence-corrected chi connectivity index (χ1v) is 8.41. The summed E-state index contributed by atoms with van der Waals surface area (Å²) in [6, 6.07) is 12.6. The largest absolute Gasteiger partial charge is 0.497 e. The summed E-state index contributed by atoms with van der Waals surface area (Å²) in [6.45, 7) is 1.46. The van der Waals surface area contributed by atoms with E-state index in [1.165, 1.54) is 13.1 Å². The highest BCUT2D eigenvalue weighted by Crippen LogP contribution is 2.31. The molecule has 3 aromatic rings. The summed E-state index contributed by atoms with van der Waals surface area (Å²) in [5.41, 5.74) is 2.15. The molecule has 0 aliphatic carbocycles. The molecule has 9 heteroatoms. The zero-order valence-corrected chi connectivity index (χ0v) is 15.7. The van der Waals surface area contributed by atoms with Crippen LogP contribution in [-0.2, 0) is 4.79 Å². The molecule has 1 amide bonds. The first kappa shape index (κ1) is 18.9. The van der Waals surface area contributed by atoms with Gasteiger partial charge in [-0.15, -0.1) is 5.10 Å². The van der Waals surface area contributed by atoms with Gasteiger partial charge in [-0.25, -0.2) is 0 Å². The molecule has 0 aliphatic rings. The number of carbonyl (C=O) groups excluding carboxylic acids is 1. The molecule has 0 fully saturated rings. The van der Waals surface area contributed by atoms with Crippen LogP contribution in [0, 0.1) is 0 Å². The Kier molecular flexibility index (Phi) is 5.85. The van der Waals surface area contributed by atoms with E-state index >= 15 is 0 Å². The van der Waals surface area contributed by atoms with Gasteiger partial charge in [-0.05, 0) is 36.4 Å². The highest BCUT2D eigenvalue weighted by molar-refractivity contribution is 5.88. The molecule has 0 saturated heterocycles. The molecule has 0 bridgehead atoms. The second-order valence-electron chi connectivity index (χ2n) is 5.74. The van der Waals surface area contributed by atoms with Crippen LogP contribution in [0.2, 0.25) is 0 Å². The van der Waals surface area contributed by atoms with E-state index in [9.17, 15) is 4.79 Å². The molecule has 0 atom stereocenters. The number of aromatic nitrogens is 3. The van der Waals surface area contributed by atoms with E-state index < -0.39 is 0 Å². The second-order valence-corrected chi connectivity index (χ2v) is 5.74. The van der Waals surface area contributed by atoms with Gasteiger partial charge < -0.3 is 25.4 Å². The molecule has 2 aromatic carbocycles. The summed E-state index contributed by atoms with van der Waals surface area (Å²) in [5.74, 6) is 2.00. The molecule has 1 aromatic heterocycles. The van der Waals surface area contributed by atoms with E-state index in [1.807, 2.05) is 0 Å². The Morgan fingerprint density at radius 1 is 0.964 bits per heavy atom. The minimum absolute atomic E-state index is 0.125. The zero-order valence-electron chi connectivity index (χ0n) is 15.7. The lowest BCUT2D eigenvalue weighted by Crippen LogP contribution is -2.06. The van der Waals surface area contributed by atoms with E-state index in [2.05, 4.69) is 31.1 Å². The number of rotatable bonds is 7. The van der Waals surface area contributed by atoms with Crippen LogP contribution in [0.25, 0.3) is 0 Å². The van der Waals surface area contributed by atoms with Crippen molar-refractivity contribution in [1.82, 2.24) is 15.2 Å². The van der Waals surface area contributed by atoms with Crippen molar-refractivity contribution in [1.29, 1.82) is 0 Å². The van der Waals surface area contributed by atoms with E-state index in [4.69, 9.17) is 9.47 Å². The molecular formula is C19H20N6O3. The zero-order chi connectivity index (χ0) is 19.9. The summed E-state index contributed by atoms with van der Waals surface area (Å²) >= 11 is 0. The minimum Gasteiger partial charge on any atom is -0.497 e. The summed E-state index contributed by atoms with van der Waals surface area (Å²) in [6.07, 6.45) is 1.50. The Morgan fingerprint density at radius 3 is 2.39 bits per heavy atom. The smallest absolute Gasteiger partial charge is 0.249 e. The molecule has 0 aliphatic heterocycles. The SMILES string of the molecule is COc1ccc(OC)c(Nc2cnnc(Nc3ccc(NC(C)=O)cc3)n2)c1. The fourth-order valence-electron chi connectivity index (χ4n) is 2.44. The number of benzene rings is 2. The number of carbonyl (C=O) groups is 1. The Bertz CT molecular complexity index is 962. The van der Waals surface area contributed by atoms with E-state index in [0.29, 0.717) is 34.6 Å². The van der Waals surface area contributed by atoms with Crippen molar-refractivity contribution in [3.05, 3.63) is 48.7 Å². The Balaban J connectivity index is 1.75. The standard InChI is InChI=1S/C19H20N6O3/c1-12(26)21-13-4-6-14(7-5-13)22-19-24-18(11-20-25-19)23-16-10-15(27-2)8-9-17(16)28-3/h4-11H,1-3H3,(H,21,26)(H2,22,23,24,25). The summed E-state index contributed by atoms with van der Waals surface area (Å²) in [5, 5.41) is 16.9. The molecule has 0 spiro atoms. The molecule has 0 radical (unpaired) electrons. The maximum Gasteiger partial charge on any atom is 0.249 e. The number of hydrogen-bond acceptors (Lipinski definition) is 8. The fraction of sp³-hybridized carbons (Fsp3) is 0.158. The Morgan fingerprint density at radius 2 is 1.71 bits per heavy atom. The lowest BCUT2D eigenvalue weighted by atomic mass is 10.2. The first-order valence-electron chi connectivity index (χ1n) is 8.41. The van der Waals surface area contributed by atoms with Crippen molar-refractivity contribution < 1.29 is 14.3 Å². The third-order valence-corrected chi connectivity index (χ3v) is 3.69. The molecular weight excluding hydrogens is 360 g/mol. The van der Waals surface area contributed by atoms with Crippen LogP contribution in [-0.4, -0.2) is 35.3 Å². The van der Waals surface area contributed by atoms with Crippen LogP contribution in [0.4, 0.5) is 28.8 Å². The van der Waals surface area contributed by atoms with Gasteiger partial charge >= 0.3 is 0 Å². The van der Waals surface area contributed by atoms with Crippen molar-refractivity contribution in [2.75, 3.05) is 30.2 Å². The fourth-order valence-corrected chi connectivity index (χ4v) is 2.44. The number of methoxy groups -OCH3 is 2. The van der Waals surface area contributed by atoms with E-state index in [1.54, 1.807) is 56.7 Å². The number of ether oxygens (including phenoxy) is 2. The van der Waals surface area contributed by atoms with Gasteiger partial charge in [0, 0.05) is 24.4 Å². The maximum atomic E-state index is 11.1. The third kappa shape index (κ3) is 4.85. The predicted octanol–water partition coefficient (Wildman–Crippen LogP) is 3.33. The quantitative estimate of drug-likeness (QED) is 0.572. The number of nitrogens with one attached hydrogen (secondary N) is 3. The van der Waals surface area contributed by atoms with Gasteiger partial charge in [0.15, 0.2) is 5.82 Å². The molecule has 144 valence electrons. The maximum absolute atomic E-state index is 11.1. The second kappa shape index (κ2) is 8.67. The van der Waals surface area contributed by atoms with E-state index in [-0.39, 0.29) is 5.91 Å². The van der Waals surface area contributed by atoms with Gasteiger partial charge in [-0.3, -0.25) is 4.79 Å². The van der Waals surface area contributed by atoms with Crippen molar-refractivity contribution in [3.8, 4) is 11.5 Å². The lowest BCUT2D eigenvalue weighted by molar-refractivity contribution is -0.114. The highest BCUT2D eigenvalue weighted by Gasteiger charge is 2.08. The van der Waals surface area contributed by atoms with Crippen molar-refractivity contribution in [2.45, 2.75) is 6.92 Å². The lowest BCUT2D eigenvalue weighted by Gasteiger charge is -2.12. The van der Waals surface area contributed by atoms with Crippen LogP contribution in [0.1, 0.15) is 6.92 Å². The summed E-state index contributed by atoms with van der Waals surface area (Å²) < 4.78 is 10.6. The van der Waals surface area contributed by atoms with Gasteiger partial charge in [-0.1, -0.05) is 0 Å². The third-order valence-electron chi connectivity index (χ3n) is 3.69. The van der Waals surface area contributed by atoms with Gasteiger partial charge in [0.1, 0.15) is 11.5 Å². The normalized spacial score (nSPS) is 10.1. The topological polar surface area (TPSA) is 110 Å². The molecule has 9 nitrogen and oxygen atoms in total. The van der Waals surface area contributed by atoms with Crippen LogP contribution in [0.15, 0.2) is 48.7 Å². The van der Waals surface area contributed by atoms with Crippen LogP contribution in [0.3, 0.4) is 0 Å². The predicted molar refractivity (Wildman–Crippen MR) is 107 cm³/mol. The van der Waals surface area contributed by atoms with Gasteiger partial charge in [0.05, 0.1) is 26.1 Å². The van der Waals surface area contributed by atoms with E-state index in [0.717, 1.165) is 5.69 Å². The molecule has 28 heavy (non-hydrogen) atoms. The number of anilines is 5. The van der Waals surface area contributed by atoms with Crippen molar-refractivity contribution in [2.24, 2.45) is 0 Å². The summed E-state index contributed by atoms with van der Waals surface area (Å²) in [4.78, 5) is 15.5. The molecule has 0 unspecified atom stereocenters. The highest BCUT2D eigenvalue weighted by atomic mass is 16.5. The van der Waals surface area contributed by atoms with Crippen LogP contribution in [0.5, 0.6) is 11.5 Å². The first-order chi connectivity index (χ1) is 13.6. The van der Waals surface area contributed by atoms with Gasteiger partial charge in [0.2, 0.25) is 11.9 Å². The number of amides is 1. The van der Waals surface area contributed by atoms with Crippen LogP contribution >= 0.6 is 0 Å². The van der Waals surface area contributed by atoms with Crippen LogP contribution < -0.4 is 25.4 Å². The average Bonchev–Trinajstić information content (AvgIpc) is 2.69. The van der Waals surface area contributed by atoms with Gasteiger partial charge in [0.25, 0.3) is 0 Å². The number of nitrogens with zero attached hydrogens (tertiary/aromatic N) is 3. The Labute approximate surface area is 162 Å². The summed E-state index contributed by atoms with van der Waals surface area (Å²) in [7, 11) is 3.18. The van der Waals surface area contributed by atoms with Gasteiger partial charge in [-0.2, -0.15) is 10.1 Å². The number of hydrogen-bond donors (Lipinski definition) is 3. The van der Waals surface area contributed by atoms with Crippen molar-refractivity contribution >= 4 is 34.7 Å². The molecule has 0 saturated carbocycles. The average molecular weight is 380 g/mol.